The molecule has 0 aliphatic rings. The maximum absolute atomic E-state index is 12.2. The fourth-order valence-electron chi connectivity index (χ4n) is 1.76. The van der Waals surface area contributed by atoms with E-state index in [-0.39, 0.29) is 5.91 Å². The Morgan fingerprint density at radius 3 is 2.75 bits per heavy atom. The Morgan fingerprint density at radius 1 is 1.35 bits per heavy atom. The number of carbonyl (C=O) groups excluding carboxylic acids is 1. The molecule has 2 aromatic carbocycles. The fourth-order valence-corrected chi connectivity index (χ4v) is 1.97. The summed E-state index contributed by atoms with van der Waals surface area (Å²) in [5.41, 5.74) is 8.23. The van der Waals surface area contributed by atoms with Gasteiger partial charge in [-0.3, -0.25) is 4.79 Å². The highest BCUT2D eigenvalue weighted by Crippen LogP contribution is 2.24. The predicted octanol–water partition coefficient (Wildman–Crippen LogP) is 3.35. The number of hydrogen-bond acceptors (Lipinski definition) is 3. The largest absolute Gasteiger partial charge is 0.397 e. The van der Waals surface area contributed by atoms with Crippen LogP contribution in [0.15, 0.2) is 36.4 Å². The molecule has 0 bridgehead atoms. The smallest absolute Gasteiger partial charge is 0.257 e. The summed E-state index contributed by atoms with van der Waals surface area (Å²) in [5, 5.41) is 11.9. The van der Waals surface area contributed by atoms with Gasteiger partial charge in [0.1, 0.15) is 0 Å². The average Bonchev–Trinajstić information content (AvgIpc) is 2.44. The Kier molecular flexibility index (Phi) is 3.92. The number of hydrogen-bond donors (Lipinski definition) is 2. The summed E-state index contributed by atoms with van der Waals surface area (Å²) < 4.78 is 0. The van der Waals surface area contributed by atoms with E-state index in [1.807, 2.05) is 19.1 Å². The zero-order chi connectivity index (χ0) is 14.7. The number of benzene rings is 2. The van der Waals surface area contributed by atoms with E-state index in [2.05, 4.69) is 5.32 Å². The first kappa shape index (κ1) is 13.9. The van der Waals surface area contributed by atoms with Crippen molar-refractivity contribution in [2.45, 2.75) is 6.92 Å². The Hall–Kier alpha value is -2.51. The van der Waals surface area contributed by atoms with Crippen molar-refractivity contribution in [1.82, 2.24) is 0 Å². The topological polar surface area (TPSA) is 78.9 Å². The van der Waals surface area contributed by atoms with Gasteiger partial charge >= 0.3 is 0 Å². The standard InChI is InChI=1S/C15H12ClN3O/c1-9-3-2-4-11(14(9)16)15(20)19-13-6-5-10(8-17)7-12(13)18/h2-7H,18H2,1H3,(H,19,20). The van der Waals surface area contributed by atoms with Crippen LogP contribution in [0, 0.1) is 18.3 Å². The van der Waals surface area contributed by atoms with E-state index in [0.717, 1.165) is 5.56 Å². The summed E-state index contributed by atoms with van der Waals surface area (Å²) in [5.74, 6) is -0.338. The number of nitrogens with two attached hydrogens (primary N) is 1. The molecule has 0 unspecified atom stereocenters. The Morgan fingerprint density at radius 2 is 2.10 bits per heavy atom. The molecule has 0 fully saturated rings. The Labute approximate surface area is 121 Å². The number of halogens is 1. The van der Waals surface area contributed by atoms with Gasteiger partial charge in [0.15, 0.2) is 0 Å². The number of amides is 1. The number of anilines is 2. The fraction of sp³-hybridized carbons (Fsp3) is 0.0667. The third-order valence-electron chi connectivity index (χ3n) is 2.87. The SMILES string of the molecule is Cc1cccc(C(=O)Nc2ccc(C#N)cc2N)c1Cl. The van der Waals surface area contributed by atoms with Crippen molar-refractivity contribution < 1.29 is 4.79 Å². The van der Waals surface area contributed by atoms with Crippen molar-refractivity contribution in [2.75, 3.05) is 11.1 Å². The molecule has 0 atom stereocenters. The normalized spacial score (nSPS) is 9.85. The first-order chi connectivity index (χ1) is 9.52. The van der Waals surface area contributed by atoms with Crippen LogP contribution in [0.3, 0.4) is 0 Å². The number of carbonyl (C=O) groups is 1. The lowest BCUT2D eigenvalue weighted by Gasteiger charge is -2.10. The van der Waals surface area contributed by atoms with E-state index >= 15 is 0 Å². The molecule has 2 rings (SSSR count). The molecule has 0 radical (unpaired) electrons. The van der Waals surface area contributed by atoms with E-state index in [1.54, 1.807) is 24.3 Å². The molecule has 20 heavy (non-hydrogen) atoms. The first-order valence-electron chi connectivity index (χ1n) is 5.89. The van der Waals surface area contributed by atoms with Gasteiger partial charge in [0.2, 0.25) is 0 Å². The minimum Gasteiger partial charge on any atom is -0.397 e. The second-order valence-corrected chi connectivity index (χ2v) is 4.68. The molecular weight excluding hydrogens is 274 g/mol. The van der Waals surface area contributed by atoms with E-state index in [4.69, 9.17) is 22.6 Å². The molecule has 0 aromatic heterocycles. The van der Waals surface area contributed by atoms with Crippen LogP contribution in [-0.2, 0) is 0 Å². The molecule has 0 aliphatic carbocycles. The molecule has 1 amide bonds. The molecular formula is C15H12ClN3O. The van der Waals surface area contributed by atoms with Crippen LogP contribution in [0.4, 0.5) is 11.4 Å². The van der Waals surface area contributed by atoms with E-state index in [9.17, 15) is 4.79 Å². The molecule has 4 nitrogen and oxygen atoms in total. The van der Waals surface area contributed by atoms with Crippen LogP contribution >= 0.6 is 11.6 Å². The van der Waals surface area contributed by atoms with Gasteiger partial charge in [-0.25, -0.2) is 0 Å². The predicted molar refractivity (Wildman–Crippen MR) is 79.7 cm³/mol. The van der Waals surface area contributed by atoms with Crippen molar-refractivity contribution >= 4 is 28.9 Å². The van der Waals surface area contributed by atoms with Gasteiger partial charge in [-0.1, -0.05) is 23.7 Å². The highest BCUT2D eigenvalue weighted by atomic mass is 35.5. The molecule has 0 heterocycles. The Balaban J connectivity index is 2.29. The summed E-state index contributed by atoms with van der Waals surface area (Å²) >= 11 is 6.11. The highest BCUT2D eigenvalue weighted by Gasteiger charge is 2.13. The van der Waals surface area contributed by atoms with E-state index in [0.29, 0.717) is 27.5 Å². The van der Waals surface area contributed by atoms with Crippen LogP contribution in [0.25, 0.3) is 0 Å². The minimum atomic E-state index is -0.338. The molecule has 0 saturated heterocycles. The monoisotopic (exact) mass is 285 g/mol. The maximum atomic E-state index is 12.2. The van der Waals surface area contributed by atoms with E-state index < -0.39 is 0 Å². The van der Waals surface area contributed by atoms with Crippen LogP contribution in [0.5, 0.6) is 0 Å². The van der Waals surface area contributed by atoms with Crippen molar-refractivity contribution in [2.24, 2.45) is 0 Å². The average molecular weight is 286 g/mol. The van der Waals surface area contributed by atoms with Gasteiger partial charge in [0.25, 0.3) is 5.91 Å². The molecule has 5 heteroatoms. The zero-order valence-corrected chi connectivity index (χ0v) is 11.5. The van der Waals surface area contributed by atoms with Crippen LogP contribution in [0.2, 0.25) is 5.02 Å². The number of nitrogen functional groups attached to an aromatic ring is 1. The molecule has 0 saturated carbocycles. The number of nitriles is 1. The maximum Gasteiger partial charge on any atom is 0.257 e. The second-order valence-electron chi connectivity index (χ2n) is 4.30. The molecule has 0 aliphatic heterocycles. The van der Waals surface area contributed by atoms with Crippen LogP contribution in [-0.4, -0.2) is 5.91 Å². The van der Waals surface area contributed by atoms with Gasteiger partial charge in [-0.15, -0.1) is 0 Å². The molecule has 0 spiro atoms. The van der Waals surface area contributed by atoms with Crippen molar-refractivity contribution in [3.63, 3.8) is 0 Å². The van der Waals surface area contributed by atoms with Gasteiger partial charge < -0.3 is 11.1 Å². The number of nitrogens with zero attached hydrogens (tertiary/aromatic N) is 1. The third-order valence-corrected chi connectivity index (χ3v) is 3.37. The van der Waals surface area contributed by atoms with Gasteiger partial charge in [-0.05, 0) is 36.8 Å². The van der Waals surface area contributed by atoms with Crippen molar-refractivity contribution in [3.05, 3.63) is 58.1 Å². The molecule has 2 aromatic rings. The van der Waals surface area contributed by atoms with Crippen LogP contribution in [0.1, 0.15) is 21.5 Å². The summed E-state index contributed by atoms with van der Waals surface area (Å²) in [6.45, 7) is 1.83. The number of nitrogens with one attached hydrogen (secondary N) is 1. The lowest BCUT2D eigenvalue weighted by Crippen LogP contribution is -2.14. The van der Waals surface area contributed by atoms with Gasteiger partial charge in [0, 0.05) is 0 Å². The lowest BCUT2D eigenvalue weighted by atomic mass is 10.1. The third kappa shape index (κ3) is 2.73. The molecule has 3 N–H and O–H groups in total. The second kappa shape index (κ2) is 5.64. The lowest BCUT2D eigenvalue weighted by molar-refractivity contribution is 0.102. The van der Waals surface area contributed by atoms with Gasteiger partial charge in [0.05, 0.1) is 33.6 Å². The zero-order valence-electron chi connectivity index (χ0n) is 10.8. The minimum absolute atomic E-state index is 0.334. The summed E-state index contributed by atoms with van der Waals surface area (Å²) in [7, 11) is 0. The summed E-state index contributed by atoms with van der Waals surface area (Å²) in [4.78, 5) is 12.2. The van der Waals surface area contributed by atoms with Crippen molar-refractivity contribution in [1.29, 1.82) is 5.26 Å². The quantitative estimate of drug-likeness (QED) is 0.831. The Bertz CT molecular complexity index is 720. The molecule has 100 valence electrons. The number of rotatable bonds is 2. The van der Waals surface area contributed by atoms with Crippen molar-refractivity contribution in [3.8, 4) is 6.07 Å². The highest BCUT2D eigenvalue weighted by molar-refractivity contribution is 6.35. The van der Waals surface area contributed by atoms with E-state index in [1.165, 1.54) is 6.07 Å². The first-order valence-corrected chi connectivity index (χ1v) is 6.27. The number of aryl methyl sites for hydroxylation is 1. The summed E-state index contributed by atoms with van der Waals surface area (Å²) in [6, 6.07) is 11.9. The van der Waals surface area contributed by atoms with Gasteiger partial charge in [-0.2, -0.15) is 5.26 Å². The van der Waals surface area contributed by atoms with Crippen LogP contribution < -0.4 is 11.1 Å². The summed E-state index contributed by atoms with van der Waals surface area (Å²) in [6.07, 6.45) is 0.